The van der Waals surface area contributed by atoms with Gasteiger partial charge in [-0.2, -0.15) is 0 Å². The van der Waals surface area contributed by atoms with Gasteiger partial charge >= 0.3 is 0 Å². The monoisotopic (exact) mass is 526 g/mol. The van der Waals surface area contributed by atoms with Crippen molar-refractivity contribution in [1.29, 1.82) is 0 Å². The molecule has 2 atom stereocenters. The van der Waals surface area contributed by atoms with Gasteiger partial charge in [-0.05, 0) is 44.2 Å². The molecule has 2 aliphatic heterocycles. The van der Waals surface area contributed by atoms with Gasteiger partial charge in [-0.1, -0.05) is 31.0 Å². The Morgan fingerprint density at radius 1 is 1.20 bits per heavy atom. The van der Waals surface area contributed by atoms with E-state index in [9.17, 15) is 4.79 Å². The molecule has 2 heterocycles. The van der Waals surface area contributed by atoms with E-state index >= 15 is 0 Å². The largest absolute Gasteiger partial charge is 0.493 e. The van der Waals surface area contributed by atoms with Crippen molar-refractivity contribution in [3.8, 4) is 5.75 Å². The predicted octanol–water partition coefficient (Wildman–Crippen LogP) is 3.52. The summed E-state index contributed by atoms with van der Waals surface area (Å²) >= 11 is 0. The number of nitrogens with one attached hydrogen (secondary N) is 2. The van der Waals surface area contributed by atoms with Crippen LogP contribution in [0.15, 0.2) is 29.3 Å². The van der Waals surface area contributed by atoms with Gasteiger partial charge in [-0.25, -0.2) is 0 Å². The predicted molar refractivity (Wildman–Crippen MR) is 131 cm³/mol. The minimum atomic E-state index is 0. The second-order valence-corrected chi connectivity index (χ2v) is 8.49. The highest BCUT2D eigenvalue weighted by molar-refractivity contribution is 14.0. The van der Waals surface area contributed by atoms with Crippen LogP contribution in [-0.4, -0.2) is 55.6 Å². The molecule has 0 spiro atoms. The molecule has 30 heavy (non-hydrogen) atoms. The third-order valence-corrected chi connectivity index (χ3v) is 6.44. The maximum atomic E-state index is 12.7. The number of aliphatic imine (C=N–C) groups is 1. The summed E-state index contributed by atoms with van der Waals surface area (Å²) in [5.74, 6) is 2.88. The van der Waals surface area contributed by atoms with Crippen LogP contribution >= 0.6 is 24.0 Å². The van der Waals surface area contributed by atoms with Gasteiger partial charge in [0.05, 0.1) is 6.61 Å². The second kappa shape index (κ2) is 11.2. The summed E-state index contributed by atoms with van der Waals surface area (Å²) in [6.07, 6.45) is 6.54. The Labute approximate surface area is 197 Å². The van der Waals surface area contributed by atoms with Crippen molar-refractivity contribution in [1.82, 2.24) is 15.5 Å². The maximum absolute atomic E-state index is 12.7. The van der Waals surface area contributed by atoms with Crippen molar-refractivity contribution in [3.05, 3.63) is 29.8 Å². The zero-order chi connectivity index (χ0) is 20.1. The number of halogens is 1. The Morgan fingerprint density at radius 3 is 2.80 bits per heavy atom. The molecule has 1 saturated carbocycles. The lowest BCUT2D eigenvalue weighted by atomic mass is 9.93. The lowest BCUT2D eigenvalue weighted by molar-refractivity contribution is -0.134. The number of amides is 1. The molecule has 1 saturated heterocycles. The lowest BCUT2D eigenvalue weighted by Crippen LogP contribution is -2.45. The summed E-state index contributed by atoms with van der Waals surface area (Å²) in [6.45, 7) is 6.06. The number of hydrogen-bond donors (Lipinski definition) is 2. The number of likely N-dealkylation sites (tertiary alicyclic amines) is 1. The Hall–Kier alpha value is -1.51. The summed E-state index contributed by atoms with van der Waals surface area (Å²) in [7, 11) is 0. The fourth-order valence-electron chi connectivity index (χ4n) is 4.83. The number of benzene rings is 1. The fraction of sp³-hybridized carbons (Fsp3) is 0.652. The van der Waals surface area contributed by atoms with E-state index in [0.29, 0.717) is 11.8 Å². The number of hydrogen-bond acceptors (Lipinski definition) is 3. The molecule has 0 bridgehead atoms. The van der Waals surface area contributed by atoms with Crippen LogP contribution in [0.5, 0.6) is 5.75 Å². The van der Waals surface area contributed by atoms with Crippen LogP contribution in [0.1, 0.15) is 56.9 Å². The molecular formula is C23H35IN4O2. The zero-order valence-electron chi connectivity index (χ0n) is 17.9. The highest BCUT2D eigenvalue weighted by atomic mass is 127. The molecule has 1 aromatic carbocycles. The van der Waals surface area contributed by atoms with Gasteiger partial charge in [0.15, 0.2) is 5.96 Å². The molecule has 6 nitrogen and oxygen atoms in total. The second-order valence-electron chi connectivity index (χ2n) is 8.49. The third-order valence-electron chi connectivity index (χ3n) is 6.44. The first-order chi connectivity index (χ1) is 14.2. The number of nitrogens with zero attached hydrogens (tertiary/aromatic N) is 2. The van der Waals surface area contributed by atoms with Crippen molar-refractivity contribution in [3.63, 3.8) is 0 Å². The van der Waals surface area contributed by atoms with Gasteiger partial charge in [-0.15, -0.1) is 24.0 Å². The summed E-state index contributed by atoms with van der Waals surface area (Å²) in [5, 5.41) is 6.95. The number of guanidine groups is 1. The molecule has 4 rings (SSSR count). The number of fused-ring (bicyclic) bond motifs is 1. The molecule has 2 N–H and O–H groups in total. The van der Waals surface area contributed by atoms with Gasteiger partial charge in [0.2, 0.25) is 5.91 Å². The first-order valence-corrected chi connectivity index (χ1v) is 11.3. The third kappa shape index (κ3) is 5.59. The summed E-state index contributed by atoms with van der Waals surface area (Å²) in [5.41, 5.74) is 1.26. The van der Waals surface area contributed by atoms with Crippen LogP contribution in [0.2, 0.25) is 0 Å². The smallest absolute Gasteiger partial charge is 0.225 e. The number of carbonyl (C=O) groups is 1. The van der Waals surface area contributed by atoms with Crippen LogP contribution in [0.3, 0.4) is 0 Å². The molecular weight excluding hydrogens is 491 g/mol. The van der Waals surface area contributed by atoms with Crippen LogP contribution in [0.25, 0.3) is 0 Å². The first-order valence-electron chi connectivity index (χ1n) is 11.3. The Morgan fingerprint density at radius 2 is 2.00 bits per heavy atom. The fourth-order valence-corrected chi connectivity index (χ4v) is 4.83. The minimum Gasteiger partial charge on any atom is -0.493 e. The topological polar surface area (TPSA) is 66.0 Å². The average Bonchev–Trinajstić information content (AvgIpc) is 3.44. The molecule has 1 aromatic rings. The van der Waals surface area contributed by atoms with Gasteiger partial charge in [0.25, 0.3) is 0 Å². The molecule has 0 radical (unpaired) electrons. The maximum Gasteiger partial charge on any atom is 0.225 e. The van der Waals surface area contributed by atoms with E-state index in [0.717, 1.165) is 70.2 Å². The van der Waals surface area contributed by atoms with E-state index in [-0.39, 0.29) is 35.9 Å². The number of carbonyl (C=O) groups excluding carboxylic acids is 1. The minimum absolute atomic E-state index is 0. The van der Waals surface area contributed by atoms with Crippen LogP contribution in [0.4, 0.5) is 0 Å². The molecule has 166 valence electrons. The Balaban J connectivity index is 0.00000256. The van der Waals surface area contributed by atoms with Crippen molar-refractivity contribution in [2.45, 2.75) is 57.4 Å². The van der Waals surface area contributed by atoms with E-state index in [1.807, 2.05) is 12.1 Å². The molecule has 3 aliphatic rings. The van der Waals surface area contributed by atoms with E-state index in [2.05, 4.69) is 34.6 Å². The number of rotatable bonds is 5. The molecule has 7 heteroatoms. The van der Waals surface area contributed by atoms with Gasteiger partial charge in [0, 0.05) is 44.1 Å². The van der Waals surface area contributed by atoms with E-state index in [1.54, 1.807) is 0 Å². The highest BCUT2D eigenvalue weighted by Gasteiger charge is 2.32. The van der Waals surface area contributed by atoms with Crippen LogP contribution < -0.4 is 15.4 Å². The summed E-state index contributed by atoms with van der Waals surface area (Å²) in [4.78, 5) is 19.6. The average molecular weight is 526 g/mol. The SMILES string of the molecule is CCNC(=NCC1CCOc2ccccc21)NC1CCN(C(=O)C2CCCC2)C1.I. The molecule has 2 fully saturated rings. The zero-order valence-corrected chi connectivity index (χ0v) is 20.3. The lowest BCUT2D eigenvalue weighted by Gasteiger charge is -2.25. The van der Waals surface area contributed by atoms with E-state index in [4.69, 9.17) is 9.73 Å². The van der Waals surface area contributed by atoms with Gasteiger partial charge < -0.3 is 20.3 Å². The first kappa shape index (κ1) is 23.2. The van der Waals surface area contributed by atoms with E-state index < -0.39 is 0 Å². The van der Waals surface area contributed by atoms with Crippen molar-refractivity contribution < 1.29 is 9.53 Å². The molecule has 2 unspecified atom stereocenters. The number of para-hydroxylation sites is 1. The highest BCUT2D eigenvalue weighted by Crippen LogP contribution is 2.33. The summed E-state index contributed by atoms with van der Waals surface area (Å²) < 4.78 is 5.77. The van der Waals surface area contributed by atoms with Crippen LogP contribution in [-0.2, 0) is 4.79 Å². The standard InChI is InChI=1S/C23H34N4O2.HI/c1-2-24-23(25-15-18-12-14-29-21-10-6-5-9-20(18)21)26-19-11-13-27(16-19)22(28)17-7-3-4-8-17;/h5-6,9-10,17-19H,2-4,7-8,11-16H2,1H3,(H2,24,25,26);1H. The molecule has 1 amide bonds. The Kier molecular flexibility index (Phi) is 8.65. The van der Waals surface area contributed by atoms with Crippen molar-refractivity contribution in [2.24, 2.45) is 10.9 Å². The van der Waals surface area contributed by atoms with Gasteiger partial charge in [0.1, 0.15) is 5.75 Å². The van der Waals surface area contributed by atoms with Gasteiger partial charge in [-0.3, -0.25) is 9.79 Å². The molecule has 1 aliphatic carbocycles. The van der Waals surface area contributed by atoms with E-state index in [1.165, 1.54) is 18.4 Å². The quantitative estimate of drug-likeness (QED) is 0.350. The molecule has 0 aromatic heterocycles. The Bertz CT molecular complexity index is 736. The summed E-state index contributed by atoms with van der Waals surface area (Å²) in [6, 6.07) is 8.57. The van der Waals surface area contributed by atoms with Crippen molar-refractivity contribution in [2.75, 3.05) is 32.8 Å². The number of ether oxygens (including phenoxy) is 1. The van der Waals surface area contributed by atoms with Crippen LogP contribution in [0, 0.1) is 5.92 Å². The van der Waals surface area contributed by atoms with Crippen molar-refractivity contribution >= 4 is 35.8 Å². The normalized spacial score (nSPS) is 24.0.